The number of aliphatic imine (C=N–C) groups is 1. The summed E-state index contributed by atoms with van der Waals surface area (Å²) in [4.78, 5) is 28.6. The fourth-order valence-electron chi connectivity index (χ4n) is 3.17. The molecule has 0 amide bonds. The van der Waals surface area contributed by atoms with Gasteiger partial charge in [-0.25, -0.2) is 14.5 Å². The van der Waals surface area contributed by atoms with Crippen LogP contribution < -0.4 is 0 Å². The van der Waals surface area contributed by atoms with Crippen molar-refractivity contribution in [2.24, 2.45) is 4.99 Å². The number of hydrogen-bond donors (Lipinski definition) is 0. The van der Waals surface area contributed by atoms with Crippen molar-refractivity contribution in [3.8, 4) is 11.3 Å². The van der Waals surface area contributed by atoms with E-state index < -0.39 is 5.97 Å². The Balaban J connectivity index is 1.72. The van der Waals surface area contributed by atoms with Crippen molar-refractivity contribution < 1.29 is 14.3 Å². The maximum atomic E-state index is 12.4. The van der Waals surface area contributed by atoms with Crippen LogP contribution in [0.3, 0.4) is 0 Å². The van der Waals surface area contributed by atoms with Crippen LogP contribution in [0.25, 0.3) is 17.3 Å². The molecule has 0 fully saturated rings. The van der Waals surface area contributed by atoms with E-state index in [-0.39, 0.29) is 17.5 Å². The number of rotatable bonds is 4. The zero-order valence-corrected chi connectivity index (χ0v) is 17.0. The van der Waals surface area contributed by atoms with Crippen LogP contribution in [-0.2, 0) is 9.53 Å². The molecule has 3 aromatic rings. The normalized spacial score (nSPS) is 14.9. The highest BCUT2D eigenvalue weighted by Crippen LogP contribution is 2.27. The number of hydrogen-bond acceptors (Lipinski definition) is 5. The molecule has 0 atom stereocenters. The Hall–Kier alpha value is -3.80. The third-order valence-electron chi connectivity index (χ3n) is 4.85. The van der Waals surface area contributed by atoms with Gasteiger partial charge in [-0.3, -0.25) is 4.79 Å². The van der Waals surface area contributed by atoms with Crippen molar-refractivity contribution in [3.05, 3.63) is 83.2 Å². The van der Waals surface area contributed by atoms with Gasteiger partial charge >= 0.3 is 5.97 Å². The summed E-state index contributed by atoms with van der Waals surface area (Å²) < 4.78 is 6.64. The molecule has 1 aromatic heterocycles. The van der Waals surface area contributed by atoms with Crippen molar-refractivity contribution in [2.45, 2.75) is 26.7 Å². The molecule has 2 heterocycles. The first-order chi connectivity index (χ1) is 14.4. The lowest BCUT2D eigenvalue weighted by Crippen LogP contribution is -2.05. The van der Waals surface area contributed by atoms with Gasteiger partial charge in [0, 0.05) is 29.8 Å². The summed E-state index contributed by atoms with van der Waals surface area (Å²) in [6.07, 6.45) is 3.20. The summed E-state index contributed by atoms with van der Waals surface area (Å²) in [5.74, 6) is -0.0774. The molecule has 0 aliphatic carbocycles. The fraction of sp³-hybridized carbons (Fsp3) is 0.167. The van der Waals surface area contributed by atoms with Gasteiger partial charge in [0.15, 0.2) is 5.70 Å². The first-order valence-electron chi connectivity index (χ1n) is 9.71. The fourth-order valence-corrected chi connectivity index (χ4v) is 3.17. The number of ether oxygens (including phenoxy) is 1. The zero-order valence-electron chi connectivity index (χ0n) is 17.0. The Labute approximate surface area is 174 Å². The molecule has 1 aliphatic rings. The molecule has 6 heteroatoms. The molecule has 30 heavy (non-hydrogen) atoms. The van der Waals surface area contributed by atoms with Crippen LogP contribution in [0.4, 0.5) is 0 Å². The molecular formula is C24H21N3O3. The van der Waals surface area contributed by atoms with Gasteiger partial charge in [0.2, 0.25) is 11.8 Å². The lowest BCUT2D eigenvalue weighted by atomic mass is 10.0. The van der Waals surface area contributed by atoms with E-state index in [1.54, 1.807) is 12.3 Å². The molecule has 2 aromatic carbocycles. The van der Waals surface area contributed by atoms with E-state index in [2.05, 4.69) is 23.9 Å². The molecule has 0 saturated heterocycles. The lowest BCUT2D eigenvalue weighted by Gasteiger charge is -2.05. The number of cyclic esters (lactones) is 1. The second kappa shape index (κ2) is 7.91. The van der Waals surface area contributed by atoms with E-state index in [1.165, 1.54) is 17.2 Å². The average molecular weight is 399 g/mol. The molecule has 0 bridgehead atoms. The van der Waals surface area contributed by atoms with Gasteiger partial charge in [0.25, 0.3) is 0 Å². The van der Waals surface area contributed by atoms with Crippen LogP contribution in [0.5, 0.6) is 0 Å². The quantitative estimate of drug-likeness (QED) is 0.472. The molecule has 0 saturated carbocycles. The third-order valence-corrected chi connectivity index (χ3v) is 4.85. The topological polar surface area (TPSA) is 73.6 Å². The van der Waals surface area contributed by atoms with Gasteiger partial charge in [0.1, 0.15) is 5.69 Å². The number of carbonyl (C=O) groups excluding carboxylic acids is 2. The minimum atomic E-state index is -0.535. The minimum Gasteiger partial charge on any atom is -0.402 e. The van der Waals surface area contributed by atoms with E-state index in [9.17, 15) is 9.59 Å². The van der Waals surface area contributed by atoms with Crippen LogP contribution in [-0.4, -0.2) is 27.6 Å². The molecule has 6 nitrogen and oxygen atoms in total. The van der Waals surface area contributed by atoms with Crippen molar-refractivity contribution in [3.63, 3.8) is 0 Å². The maximum absolute atomic E-state index is 12.4. The summed E-state index contributed by atoms with van der Waals surface area (Å²) in [7, 11) is 0. The number of aromatic nitrogens is 2. The first-order valence-corrected chi connectivity index (χ1v) is 9.71. The molecule has 150 valence electrons. The van der Waals surface area contributed by atoms with Crippen molar-refractivity contribution in [2.75, 3.05) is 0 Å². The van der Waals surface area contributed by atoms with E-state index in [0.717, 1.165) is 11.1 Å². The number of carbonyl (C=O) groups is 2. The first kappa shape index (κ1) is 19.5. The molecule has 1 aliphatic heterocycles. The van der Waals surface area contributed by atoms with Gasteiger partial charge in [-0.1, -0.05) is 56.3 Å². The smallest absolute Gasteiger partial charge is 0.363 e. The summed E-state index contributed by atoms with van der Waals surface area (Å²) >= 11 is 0. The zero-order chi connectivity index (χ0) is 21.3. The minimum absolute atomic E-state index is 0.165. The predicted molar refractivity (Wildman–Crippen MR) is 115 cm³/mol. The standard InChI is InChI=1S/C24H21N3O3/c1-15(2)17-9-11-19(12-10-17)23-25-21(24(29)30-23)13-20-14-27(16(3)28)26-22(20)18-7-5-4-6-8-18/h4-15H,1-3H3/b21-13-. The second-order valence-electron chi connectivity index (χ2n) is 7.38. The van der Waals surface area contributed by atoms with Gasteiger partial charge < -0.3 is 4.74 Å². The monoisotopic (exact) mass is 399 g/mol. The van der Waals surface area contributed by atoms with Crippen LogP contribution in [0.1, 0.15) is 48.2 Å². The summed E-state index contributed by atoms with van der Waals surface area (Å²) in [6, 6.07) is 17.3. The molecule has 4 rings (SSSR count). The van der Waals surface area contributed by atoms with E-state index in [4.69, 9.17) is 4.74 Å². The summed E-state index contributed by atoms with van der Waals surface area (Å²) in [6.45, 7) is 5.67. The highest BCUT2D eigenvalue weighted by molar-refractivity contribution is 6.13. The number of benzene rings is 2. The highest BCUT2D eigenvalue weighted by Gasteiger charge is 2.25. The number of nitrogens with zero attached hydrogens (tertiary/aromatic N) is 3. The summed E-state index contributed by atoms with van der Waals surface area (Å²) in [5, 5.41) is 4.37. The van der Waals surface area contributed by atoms with Crippen LogP contribution in [0.2, 0.25) is 0 Å². The largest absolute Gasteiger partial charge is 0.402 e. The maximum Gasteiger partial charge on any atom is 0.363 e. The van der Waals surface area contributed by atoms with Crippen molar-refractivity contribution >= 4 is 23.9 Å². The Kier molecular flexibility index (Phi) is 5.14. The Bertz CT molecular complexity index is 1170. The molecule has 0 radical (unpaired) electrons. The van der Waals surface area contributed by atoms with Crippen LogP contribution in [0, 0.1) is 0 Å². The van der Waals surface area contributed by atoms with Gasteiger partial charge in [-0.05, 0) is 29.7 Å². The number of esters is 1. The third kappa shape index (κ3) is 3.85. The van der Waals surface area contributed by atoms with Gasteiger partial charge in [-0.15, -0.1) is 0 Å². The van der Waals surface area contributed by atoms with Crippen LogP contribution in [0.15, 0.2) is 71.5 Å². The Morgan fingerprint density at radius 3 is 2.37 bits per heavy atom. The Morgan fingerprint density at radius 2 is 1.73 bits per heavy atom. The molecule has 0 unspecified atom stereocenters. The highest BCUT2D eigenvalue weighted by atomic mass is 16.6. The summed E-state index contributed by atoms with van der Waals surface area (Å²) in [5.41, 5.74) is 4.14. The average Bonchev–Trinajstić information content (AvgIpc) is 3.33. The molecule has 0 N–H and O–H groups in total. The SMILES string of the molecule is CC(=O)n1cc(/C=C2\N=C(c3ccc(C(C)C)cc3)OC2=O)c(-c2ccccc2)n1. The van der Waals surface area contributed by atoms with Gasteiger partial charge in [0.05, 0.1) is 0 Å². The van der Waals surface area contributed by atoms with Crippen molar-refractivity contribution in [1.29, 1.82) is 0 Å². The van der Waals surface area contributed by atoms with Crippen molar-refractivity contribution in [1.82, 2.24) is 9.78 Å². The van der Waals surface area contributed by atoms with E-state index >= 15 is 0 Å². The van der Waals surface area contributed by atoms with E-state index in [1.807, 2.05) is 54.6 Å². The van der Waals surface area contributed by atoms with E-state index in [0.29, 0.717) is 17.2 Å². The molecular weight excluding hydrogens is 378 g/mol. The van der Waals surface area contributed by atoms with Gasteiger partial charge in [-0.2, -0.15) is 5.10 Å². The van der Waals surface area contributed by atoms with Crippen LogP contribution >= 0.6 is 0 Å². The second-order valence-corrected chi connectivity index (χ2v) is 7.38. The molecule has 0 spiro atoms. The lowest BCUT2D eigenvalue weighted by molar-refractivity contribution is -0.129. The Morgan fingerprint density at radius 1 is 1.03 bits per heavy atom. The predicted octanol–water partition coefficient (Wildman–Crippen LogP) is 4.68.